The Bertz CT molecular complexity index is 1530. The number of nitrogens with one attached hydrogen (secondary N) is 1. The first kappa shape index (κ1) is 28.7. The lowest BCUT2D eigenvalue weighted by atomic mass is 10.1. The van der Waals surface area contributed by atoms with Gasteiger partial charge < -0.3 is 10.2 Å². The molecular formula is C30H33Cl2N3O4S. The number of carbonyl (C=O) groups is 2. The van der Waals surface area contributed by atoms with Gasteiger partial charge in [-0.05, 0) is 60.9 Å². The third kappa shape index (κ3) is 5.67. The number of rotatable bonds is 10. The highest BCUT2D eigenvalue weighted by Gasteiger charge is 2.36. The van der Waals surface area contributed by atoms with Crippen molar-refractivity contribution in [1.29, 1.82) is 0 Å². The fourth-order valence-corrected chi connectivity index (χ4v) is 7.91. The minimum Gasteiger partial charge on any atom is -0.352 e. The molecule has 1 atom stereocenters. The van der Waals surface area contributed by atoms with Crippen LogP contribution in [0.2, 0.25) is 10.0 Å². The lowest BCUT2D eigenvalue weighted by molar-refractivity contribution is -0.141. The molecule has 1 N–H and O–H groups in total. The zero-order valence-corrected chi connectivity index (χ0v) is 24.7. The van der Waals surface area contributed by atoms with E-state index in [4.69, 9.17) is 23.2 Å². The summed E-state index contributed by atoms with van der Waals surface area (Å²) in [4.78, 5) is 28.9. The van der Waals surface area contributed by atoms with Crippen LogP contribution in [-0.4, -0.2) is 43.8 Å². The molecule has 5 rings (SSSR count). The van der Waals surface area contributed by atoms with E-state index < -0.39 is 16.1 Å². The van der Waals surface area contributed by atoms with Crippen LogP contribution in [0.3, 0.4) is 0 Å². The lowest BCUT2D eigenvalue weighted by Crippen LogP contribution is -2.51. The van der Waals surface area contributed by atoms with Crippen molar-refractivity contribution in [2.45, 2.75) is 75.4 Å². The molecule has 212 valence electrons. The molecule has 1 fully saturated rings. The molecule has 2 aliphatic rings. The Kier molecular flexibility index (Phi) is 8.59. The summed E-state index contributed by atoms with van der Waals surface area (Å²) in [6.45, 7) is 2.25. The molecule has 0 spiro atoms. The van der Waals surface area contributed by atoms with Crippen LogP contribution in [0.5, 0.6) is 0 Å². The molecule has 1 heterocycles. The standard InChI is InChI=1S/C30H33Cl2N3O4S/c1-2-25(30(37)33-22-10-3-4-11-22)34(19-20-15-16-23(31)24(32)18-20)28(36)14-7-17-35-26-12-5-8-21-9-6-13-27(29(21)26)40(35,38)39/h5-6,8-9,12-13,15-16,18,22,25H,2-4,7,10-11,14,17,19H2,1H3,(H,33,37)/t25-/m0/s1. The van der Waals surface area contributed by atoms with Gasteiger partial charge in [0.05, 0.1) is 20.6 Å². The van der Waals surface area contributed by atoms with Gasteiger partial charge in [0.15, 0.2) is 0 Å². The first-order chi connectivity index (χ1) is 19.2. The van der Waals surface area contributed by atoms with Gasteiger partial charge in [0.2, 0.25) is 11.8 Å². The van der Waals surface area contributed by atoms with Crippen molar-refractivity contribution in [2.75, 3.05) is 10.8 Å². The molecule has 1 saturated carbocycles. The van der Waals surface area contributed by atoms with Gasteiger partial charge in [-0.25, -0.2) is 8.42 Å². The fourth-order valence-electron chi connectivity index (χ4n) is 5.84. The van der Waals surface area contributed by atoms with Gasteiger partial charge in [0.25, 0.3) is 10.0 Å². The van der Waals surface area contributed by atoms with Crippen LogP contribution in [0.15, 0.2) is 59.5 Å². The van der Waals surface area contributed by atoms with Gasteiger partial charge in [0, 0.05) is 30.9 Å². The van der Waals surface area contributed by atoms with Crippen molar-refractivity contribution in [3.05, 3.63) is 70.2 Å². The summed E-state index contributed by atoms with van der Waals surface area (Å²) in [5.41, 5.74) is 1.40. The molecule has 7 nitrogen and oxygen atoms in total. The summed E-state index contributed by atoms with van der Waals surface area (Å²) in [7, 11) is -3.70. The molecule has 0 radical (unpaired) electrons. The molecule has 1 aliphatic carbocycles. The Hall–Kier alpha value is -2.81. The lowest BCUT2D eigenvalue weighted by Gasteiger charge is -2.32. The summed E-state index contributed by atoms with van der Waals surface area (Å²) in [5, 5.41) is 5.51. The van der Waals surface area contributed by atoms with E-state index in [1.807, 2.05) is 25.1 Å². The van der Waals surface area contributed by atoms with Crippen LogP contribution in [0.1, 0.15) is 57.4 Å². The predicted molar refractivity (Wildman–Crippen MR) is 159 cm³/mol. The van der Waals surface area contributed by atoms with Gasteiger partial charge in [-0.2, -0.15) is 0 Å². The Labute approximate surface area is 245 Å². The van der Waals surface area contributed by atoms with Crippen LogP contribution in [0, 0.1) is 0 Å². The van der Waals surface area contributed by atoms with E-state index in [0.717, 1.165) is 36.6 Å². The van der Waals surface area contributed by atoms with E-state index >= 15 is 0 Å². The van der Waals surface area contributed by atoms with Crippen LogP contribution < -0.4 is 9.62 Å². The number of anilines is 1. The molecule has 0 unspecified atom stereocenters. The SMILES string of the molecule is CC[C@@H](C(=O)NC1CCCC1)N(Cc1ccc(Cl)c(Cl)c1)C(=O)CCCN1c2cccc3cccc(c23)S1(=O)=O. The molecule has 0 aromatic heterocycles. The first-order valence-electron chi connectivity index (χ1n) is 13.8. The molecule has 0 saturated heterocycles. The topological polar surface area (TPSA) is 86.8 Å². The van der Waals surface area contributed by atoms with Gasteiger partial charge >= 0.3 is 0 Å². The number of benzene rings is 3. The number of nitrogens with zero attached hydrogens (tertiary/aromatic N) is 2. The van der Waals surface area contributed by atoms with Gasteiger partial charge in [-0.15, -0.1) is 0 Å². The maximum Gasteiger partial charge on any atom is 0.265 e. The molecule has 0 bridgehead atoms. The number of carbonyl (C=O) groups excluding carboxylic acids is 2. The fraction of sp³-hybridized carbons (Fsp3) is 0.400. The number of halogens is 2. The molecule has 3 aromatic rings. The number of hydrogen-bond acceptors (Lipinski definition) is 4. The van der Waals surface area contributed by atoms with E-state index in [1.165, 1.54) is 4.31 Å². The second-order valence-electron chi connectivity index (χ2n) is 10.5. The van der Waals surface area contributed by atoms with Crippen LogP contribution in [0.25, 0.3) is 10.8 Å². The molecule has 1 aliphatic heterocycles. The number of sulfonamides is 1. The predicted octanol–water partition coefficient (Wildman–Crippen LogP) is 6.30. The first-order valence-corrected chi connectivity index (χ1v) is 16.0. The Morgan fingerprint density at radius 2 is 1.77 bits per heavy atom. The largest absolute Gasteiger partial charge is 0.352 e. The van der Waals surface area contributed by atoms with Crippen molar-refractivity contribution in [1.82, 2.24) is 10.2 Å². The van der Waals surface area contributed by atoms with Crippen LogP contribution >= 0.6 is 23.2 Å². The van der Waals surface area contributed by atoms with E-state index in [1.54, 1.807) is 41.3 Å². The van der Waals surface area contributed by atoms with E-state index in [-0.39, 0.29) is 37.4 Å². The van der Waals surface area contributed by atoms with E-state index in [9.17, 15) is 18.0 Å². The summed E-state index contributed by atoms with van der Waals surface area (Å²) in [6.07, 6.45) is 4.91. The van der Waals surface area contributed by atoms with Gasteiger partial charge in [-0.1, -0.05) is 73.3 Å². The summed E-state index contributed by atoms with van der Waals surface area (Å²) >= 11 is 12.3. The summed E-state index contributed by atoms with van der Waals surface area (Å²) in [5.74, 6) is -0.376. The van der Waals surface area contributed by atoms with Crippen molar-refractivity contribution in [3.8, 4) is 0 Å². The highest BCUT2D eigenvalue weighted by atomic mass is 35.5. The smallest absolute Gasteiger partial charge is 0.265 e. The zero-order valence-electron chi connectivity index (χ0n) is 22.4. The maximum atomic E-state index is 13.7. The zero-order chi connectivity index (χ0) is 28.4. The van der Waals surface area contributed by atoms with Crippen molar-refractivity contribution in [3.63, 3.8) is 0 Å². The van der Waals surface area contributed by atoms with Gasteiger partial charge in [-0.3, -0.25) is 13.9 Å². The van der Waals surface area contributed by atoms with E-state index in [2.05, 4.69) is 5.32 Å². The number of amides is 2. The molecular weight excluding hydrogens is 569 g/mol. The summed E-state index contributed by atoms with van der Waals surface area (Å²) < 4.78 is 28.1. The summed E-state index contributed by atoms with van der Waals surface area (Å²) in [6, 6.07) is 15.5. The average molecular weight is 603 g/mol. The molecule has 10 heteroatoms. The van der Waals surface area contributed by atoms with Crippen LogP contribution in [-0.2, 0) is 26.2 Å². The molecule has 40 heavy (non-hydrogen) atoms. The highest BCUT2D eigenvalue weighted by Crippen LogP contribution is 2.42. The van der Waals surface area contributed by atoms with E-state index in [0.29, 0.717) is 38.9 Å². The third-order valence-electron chi connectivity index (χ3n) is 7.86. The molecule has 3 aromatic carbocycles. The van der Waals surface area contributed by atoms with Gasteiger partial charge in [0.1, 0.15) is 6.04 Å². The number of hydrogen-bond donors (Lipinski definition) is 1. The Morgan fingerprint density at radius 3 is 2.48 bits per heavy atom. The normalized spacial score (nSPS) is 16.8. The average Bonchev–Trinajstić information content (AvgIpc) is 3.52. The monoisotopic (exact) mass is 601 g/mol. The highest BCUT2D eigenvalue weighted by molar-refractivity contribution is 7.93. The maximum absolute atomic E-state index is 13.7. The van der Waals surface area contributed by atoms with Crippen molar-refractivity contribution < 1.29 is 18.0 Å². The van der Waals surface area contributed by atoms with Crippen molar-refractivity contribution in [2.24, 2.45) is 0 Å². The Balaban J connectivity index is 1.33. The second kappa shape index (κ2) is 12.0. The minimum atomic E-state index is -3.70. The minimum absolute atomic E-state index is 0.0902. The van der Waals surface area contributed by atoms with Crippen LogP contribution in [0.4, 0.5) is 5.69 Å². The third-order valence-corrected chi connectivity index (χ3v) is 10.5. The quantitative estimate of drug-likeness (QED) is 0.295. The molecule has 2 amide bonds. The van der Waals surface area contributed by atoms with Crippen molar-refractivity contribution >= 4 is 61.5 Å². The Morgan fingerprint density at radius 1 is 1.05 bits per heavy atom. The second-order valence-corrected chi connectivity index (χ2v) is 13.1.